The molecule has 1 heterocycles. The Balaban J connectivity index is 1.87. The highest BCUT2D eigenvalue weighted by atomic mass is 16.5. The summed E-state index contributed by atoms with van der Waals surface area (Å²) < 4.78 is 12.3. The highest BCUT2D eigenvalue weighted by molar-refractivity contribution is 5.94. The molecule has 8 nitrogen and oxygen atoms in total. The van der Waals surface area contributed by atoms with Gasteiger partial charge in [0, 0.05) is 18.8 Å². The third kappa shape index (κ3) is 4.44. The zero-order chi connectivity index (χ0) is 20.1. The normalized spacial score (nSPS) is 14.1. The molecule has 1 aliphatic rings. The van der Waals surface area contributed by atoms with E-state index in [-0.39, 0.29) is 18.5 Å². The number of hydrogen-bond acceptors (Lipinski definition) is 5. The number of methoxy groups -OCH3 is 2. The van der Waals surface area contributed by atoms with Crippen LogP contribution >= 0.6 is 0 Å². The fourth-order valence-electron chi connectivity index (χ4n) is 3.63. The van der Waals surface area contributed by atoms with Gasteiger partial charge in [-0.25, -0.2) is 0 Å². The van der Waals surface area contributed by atoms with E-state index in [1.165, 1.54) is 4.90 Å². The standard InChI is InChI=1S/C20H25N3O5/c1-27-16-9-14(10-17(11-16)28-2)12-22(13-19(24)25)20(26)18-7-8-21-23(18)15-5-3-4-6-15/h7-11,15H,3-6,12-13H2,1-2H3,(H,24,25). The van der Waals surface area contributed by atoms with E-state index in [1.807, 2.05) is 0 Å². The van der Waals surface area contributed by atoms with Gasteiger partial charge in [-0.15, -0.1) is 0 Å². The fraction of sp³-hybridized carbons (Fsp3) is 0.450. The van der Waals surface area contributed by atoms with E-state index in [1.54, 1.807) is 49.4 Å². The molecular formula is C20H25N3O5. The van der Waals surface area contributed by atoms with Gasteiger partial charge in [-0.2, -0.15) is 5.10 Å². The molecule has 28 heavy (non-hydrogen) atoms. The first kappa shape index (κ1) is 19.7. The number of carbonyl (C=O) groups is 2. The molecule has 0 saturated heterocycles. The maximum atomic E-state index is 13.2. The monoisotopic (exact) mass is 387 g/mol. The number of aromatic nitrogens is 2. The van der Waals surface area contributed by atoms with Crippen LogP contribution in [0.2, 0.25) is 0 Å². The van der Waals surface area contributed by atoms with Gasteiger partial charge in [0.25, 0.3) is 5.91 Å². The molecule has 3 rings (SSSR count). The second kappa shape index (κ2) is 8.77. The van der Waals surface area contributed by atoms with Crippen LogP contribution in [-0.2, 0) is 11.3 Å². The minimum absolute atomic E-state index is 0.120. The molecule has 0 aliphatic heterocycles. The van der Waals surface area contributed by atoms with Crippen LogP contribution in [0.4, 0.5) is 0 Å². The van der Waals surface area contributed by atoms with Crippen molar-refractivity contribution >= 4 is 11.9 Å². The molecule has 1 fully saturated rings. The lowest BCUT2D eigenvalue weighted by Crippen LogP contribution is -2.36. The van der Waals surface area contributed by atoms with Crippen LogP contribution in [0.1, 0.15) is 47.8 Å². The van der Waals surface area contributed by atoms with Crippen LogP contribution in [0.15, 0.2) is 30.5 Å². The quantitative estimate of drug-likeness (QED) is 0.749. The van der Waals surface area contributed by atoms with Crippen molar-refractivity contribution in [1.82, 2.24) is 14.7 Å². The van der Waals surface area contributed by atoms with Crippen LogP contribution in [0.25, 0.3) is 0 Å². The molecule has 8 heteroatoms. The number of carboxylic acid groups (broad SMARTS) is 1. The van der Waals surface area contributed by atoms with Crippen molar-refractivity contribution in [3.05, 3.63) is 41.7 Å². The number of carboxylic acids is 1. The maximum Gasteiger partial charge on any atom is 0.323 e. The third-order valence-corrected chi connectivity index (χ3v) is 4.96. The SMILES string of the molecule is COc1cc(CN(CC(=O)O)C(=O)c2ccnn2C2CCCC2)cc(OC)c1. The summed E-state index contributed by atoms with van der Waals surface area (Å²) in [6, 6.07) is 7.10. The Hall–Kier alpha value is -3.03. The Bertz CT molecular complexity index is 820. The molecule has 1 saturated carbocycles. The van der Waals surface area contributed by atoms with E-state index in [9.17, 15) is 14.7 Å². The molecule has 1 aromatic carbocycles. The number of amides is 1. The molecule has 0 spiro atoms. The average molecular weight is 387 g/mol. The highest BCUT2D eigenvalue weighted by Gasteiger charge is 2.27. The summed E-state index contributed by atoms with van der Waals surface area (Å²) >= 11 is 0. The van der Waals surface area contributed by atoms with Crippen molar-refractivity contribution in [3.63, 3.8) is 0 Å². The van der Waals surface area contributed by atoms with Gasteiger partial charge < -0.3 is 19.5 Å². The summed E-state index contributed by atoms with van der Waals surface area (Å²) in [5.41, 5.74) is 1.14. The Kier molecular flexibility index (Phi) is 6.18. The molecule has 1 N–H and O–H groups in total. The van der Waals surface area contributed by atoms with Crippen molar-refractivity contribution in [2.45, 2.75) is 38.3 Å². The molecule has 1 aliphatic carbocycles. The molecule has 0 radical (unpaired) electrons. The van der Waals surface area contributed by atoms with Gasteiger partial charge in [0.1, 0.15) is 23.7 Å². The lowest BCUT2D eigenvalue weighted by Gasteiger charge is -2.23. The molecule has 1 amide bonds. The summed E-state index contributed by atoms with van der Waals surface area (Å²) in [6.45, 7) is -0.289. The molecule has 2 aromatic rings. The molecule has 1 aromatic heterocycles. The lowest BCUT2D eigenvalue weighted by atomic mass is 10.1. The van der Waals surface area contributed by atoms with Gasteiger partial charge >= 0.3 is 5.97 Å². The summed E-state index contributed by atoms with van der Waals surface area (Å²) in [5.74, 6) is -0.273. The Labute approximate surface area is 163 Å². The van der Waals surface area contributed by atoms with E-state index in [4.69, 9.17) is 9.47 Å². The number of rotatable bonds is 8. The molecule has 0 unspecified atom stereocenters. The van der Waals surface area contributed by atoms with Gasteiger partial charge in [0.15, 0.2) is 0 Å². The van der Waals surface area contributed by atoms with Gasteiger partial charge in [-0.3, -0.25) is 14.3 Å². The summed E-state index contributed by atoms with van der Waals surface area (Å²) in [6.07, 6.45) is 5.78. The molecule has 0 bridgehead atoms. The van der Waals surface area contributed by atoms with Crippen LogP contribution in [0.5, 0.6) is 11.5 Å². The predicted molar refractivity (Wildman–Crippen MR) is 102 cm³/mol. The van der Waals surface area contributed by atoms with E-state index in [0.29, 0.717) is 17.2 Å². The fourth-order valence-corrected chi connectivity index (χ4v) is 3.63. The zero-order valence-electron chi connectivity index (χ0n) is 16.1. The van der Waals surface area contributed by atoms with Crippen molar-refractivity contribution in [1.29, 1.82) is 0 Å². The smallest absolute Gasteiger partial charge is 0.323 e. The molecular weight excluding hydrogens is 362 g/mol. The largest absolute Gasteiger partial charge is 0.497 e. The van der Waals surface area contributed by atoms with Gasteiger partial charge in [-0.1, -0.05) is 12.8 Å². The van der Waals surface area contributed by atoms with Gasteiger partial charge in [0.05, 0.1) is 20.3 Å². The third-order valence-electron chi connectivity index (χ3n) is 4.96. The van der Waals surface area contributed by atoms with Crippen LogP contribution in [0.3, 0.4) is 0 Å². The van der Waals surface area contributed by atoms with Crippen molar-refractivity contribution < 1.29 is 24.2 Å². The van der Waals surface area contributed by atoms with Gasteiger partial charge in [-0.05, 0) is 36.6 Å². The Morgan fingerprint density at radius 1 is 1.18 bits per heavy atom. The maximum absolute atomic E-state index is 13.2. The van der Waals surface area contributed by atoms with Crippen LogP contribution in [0, 0.1) is 0 Å². The van der Waals surface area contributed by atoms with Gasteiger partial charge in [0.2, 0.25) is 0 Å². The Morgan fingerprint density at radius 2 is 1.82 bits per heavy atom. The Morgan fingerprint density at radius 3 is 2.39 bits per heavy atom. The van der Waals surface area contributed by atoms with E-state index >= 15 is 0 Å². The number of carbonyl (C=O) groups excluding carboxylic acids is 1. The lowest BCUT2D eigenvalue weighted by molar-refractivity contribution is -0.137. The first-order chi connectivity index (χ1) is 13.5. The van der Waals surface area contributed by atoms with Crippen molar-refractivity contribution in [2.24, 2.45) is 0 Å². The van der Waals surface area contributed by atoms with Crippen molar-refractivity contribution in [2.75, 3.05) is 20.8 Å². The topological polar surface area (TPSA) is 93.9 Å². The number of aliphatic carboxylic acids is 1. The number of benzene rings is 1. The van der Waals surface area contributed by atoms with E-state index < -0.39 is 12.5 Å². The first-order valence-corrected chi connectivity index (χ1v) is 9.28. The molecule has 0 atom stereocenters. The van der Waals surface area contributed by atoms with Crippen molar-refractivity contribution in [3.8, 4) is 11.5 Å². The van der Waals surface area contributed by atoms with Crippen LogP contribution < -0.4 is 9.47 Å². The minimum atomic E-state index is -1.07. The van der Waals surface area contributed by atoms with E-state index in [0.717, 1.165) is 31.2 Å². The summed E-state index contributed by atoms with van der Waals surface area (Å²) in [4.78, 5) is 25.9. The summed E-state index contributed by atoms with van der Waals surface area (Å²) in [7, 11) is 3.08. The highest BCUT2D eigenvalue weighted by Crippen LogP contribution is 2.30. The minimum Gasteiger partial charge on any atom is -0.497 e. The predicted octanol–water partition coefficient (Wildman–Crippen LogP) is 2.74. The first-order valence-electron chi connectivity index (χ1n) is 9.28. The van der Waals surface area contributed by atoms with Crippen LogP contribution in [-0.4, -0.2) is 52.4 Å². The number of nitrogens with zero attached hydrogens (tertiary/aromatic N) is 3. The zero-order valence-corrected chi connectivity index (χ0v) is 16.1. The molecule has 150 valence electrons. The average Bonchev–Trinajstić information content (AvgIpc) is 3.37. The number of ether oxygens (including phenoxy) is 2. The number of hydrogen-bond donors (Lipinski definition) is 1. The summed E-state index contributed by atoms with van der Waals surface area (Å²) in [5, 5.41) is 13.6. The second-order valence-electron chi connectivity index (χ2n) is 6.88. The van der Waals surface area contributed by atoms with E-state index in [2.05, 4.69) is 5.10 Å². The second-order valence-corrected chi connectivity index (χ2v) is 6.88.